The second-order valence-electron chi connectivity index (χ2n) is 11.0. The first-order valence-corrected chi connectivity index (χ1v) is 11.5. The van der Waals surface area contributed by atoms with Crippen molar-refractivity contribution in [2.24, 2.45) is 28.6 Å². The van der Waals surface area contributed by atoms with Gasteiger partial charge in [-0.1, -0.05) is 13.8 Å². The number of pyridine rings is 1. The normalized spacial score (nSPS) is 51.8. The van der Waals surface area contributed by atoms with E-state index in [2.05, 4.69) is 13.8 Å². The topological polar surface area (TPSA) is 87.6 Å². The summed E-state index contributed by atoms with van der Waals surface area (Å²) in [5.74, 6) is 1.19. The highest BCUT2D eigenvalue weighted by molar-refractivity contribution is 5.30. The molecule has 0 bridgehead atoms. The van der Waals surface area contributed by atoms with E-state index in [1.165, 1.54) is 12.4 Å². The number of fused-ring (bicyclic) bond motifs is 5. The molecule has 1 heterocycles. The van der Waals surface area contributed by atoms with Crippen molar-refractivity contribution in [1.82, 2.24) is 0 Å². The maximum absolute atomic E-state index is 12.2. The molecule has 0 saturated heterocycles. The molecular weight excluding hydrogens is 366 g/mol. The zero-order valence-electron chi connectivity index (χ0n) is 17.7. The predicted octanol–water partition coefficient (Wildman–Crippen LogP) is 3.03. The van der Waals surface area contributed by atoms with Gasteiger partial charge in [-0.15, -0.1) is 0 Å². The number of rotatable bonds is 1. The number of hydrogen-bond donors (Lipinski definition) is 3. The van der Waals surface area contributed by atoms with Crippen molar-refractivity contribution in [2.75, 3.05) is 0 Å². The summed E-state index contributed by atoms with van der Waals surface area (Å²) in [7, 11) is 0. The summed E-state index contributed by atoms with van der Waals surface area (Å²) in [6, 6.07) is 3.44. The Bertz CT molecular complexity index is 799. The lowest BCUT2D eigenvalue weighted by Crippen LogP contribution is -2.64. The molecule has 4 saturated carbocycles. The third kappa shape index (κ3) is 2.41. The summed E-state index contributed by atoms with van der Waals surface area (Å²) < 4.78 is 0.743. The van der Waals surface area contributed by atoms with E-state index in [0.717, 1.165) is 55.2 Å². The Morgan fingerprint density at radius 3 is 2.38 bits per heavy atom. The lowest BCUT2D eigenvalue weighted by Gasteiger charge is -2.64. The summed E-state index contributed by atoms with van der Waals surface area (Å²) >= 11 is 0. The number of nitrogens with zero attached hydrogens (tertiary/aromatic N) is 1. The highest BCUT2D eigenvalue weighted by Gasteiger charge is 2.72. The van der Waals surface area contributed by atoms with Crippen LogP contribution in [0.1, 0.15) is 77.2 Å². The van der Waals surface area contributed by atoms with Gasteiger partial charge in [0.1, 0.15) is 0 Å². The zero-order valence-corrected chi connectivity index (χ0v) is 17.7. The van der Waals surface area contributed by atoms with Crippen molar-refractivity contribution in [3.63, 3.8) is 0 Å². The average Bonchev–Trinajstić information content (AvgIpc) is 2.91. The third-order valence-corrected chi connectivity index (χ3v) is 10.2. The van der Waals surface area contributed by atoms with Crippen LogP contribution in [0.5, 0.6) is 0 Å². The van der Waals surface area contributed by atoms with Crippen molar-refractivity contribution in [3.05, 3.63) is 35.3 Å². The van der Waals surface area contributed by atoms with E-state index in [1.54, 1.807) is 12.1 Å². The predicted molar refractivity (Wildman–Crippen MR) is 108 cm³/mol. The van der Waals surface area contributed by atoms with Crippen LogP contribution in [0.4, 0.5) is 0 Å². The molecule has 160 valence electrons. The minimum absolute atomic E-state index is 0.167. The molecule has 29 heavy (non-hydrogen) atoms. The summed E-state index contributed by atoms with van der Waals surface area (Å²) in [6.07, 6.45) is 10.5. The summed E-state index contributed by atoms with van der Waals surface area (Å²) in [6.45, 7) is 4.48. The standard InChI is InChI=1S/C24H35NO4/c1-21-9-5-18(26)15-17(21)3-4-20-19(21)6-10-22(2)23(27,11-12-24(20,22)28)16-7-13-25(29)14-8-16/h7-8,13-14,17-20,26-28H,3-6,9-12,15H2,1-2H3/t17-,18-,19-,20+,21-,22+,23-,24-/m0/s1. The SMILES string of the molecule is C[C@]12CC[C@H](O)C[C@@H]1CC[C@@H]1[C@@H]2CC[C@]2(C)[C@@](O)(c3cc[n+]([O-])cc3)CC[C@]12O. The minimum atomic E-state index is -1.11. The first kappa shape index (κ1) is 19.8. The van der Waals surface area contributed by atoms with Gasteiger partial charge in [0.25, 0.3) is 0 Å². The number of aliphatic hydroxyl groups excluding tert-OH is 1. The minimum Gasteiger partial charge on any atom is -0.619 e. The Hall–Kier alpha value is -1.17. The molecule has 0 radical (unpaired) electrons. The molecule has 4 aliphatic carbocycles. The fraction of sp³-hybridized carbons (Fsp3) is 0.792. The average molecular weight is 402 g/mol. The van der Waals surface area contributed by atoms with Gasteiger partial charge in [0.05, 0.1) is 17.3 Å². The van der Waals surface area contributed by atoms with E-state index in [-0.39, 0.29) is 17.4 Å². The molecule has 8 atom stereocenters. The highest BCUT2D eigenvalue weighted by Crippen LogP contribution is 2.71. The molecule has 4 aliphatic rings. The van der Waals surface area contributed by atoms with Gasteiger partial charge in [0.15, 0.2) is 12.4 Å². The Kier molecular flexibility index (Phi) is 4.21. The smallest absolute Gasteiger partial charge is 0.180 e. The second-order valence-corrected chi connectivity index (χ2v) is 11.0. The van der Waals surface area contributed by atoms with Gasteiger partial charge in [0, 0.05) is 17.5 Å². The lowest BCUT2D eigenvalue weighted by atomic mass is 9.43. The van der Waals surface area contributed by atoms with E-state index >= 15 is 0 Å². The monoisotopic (exact) mass is 401 g/mol. The van der Waals surface area contributed by atoms with Gasteiger partial charge in [-0.3, -0.25) is 0 Å². The van der Waals surface area contributed by atoms with Crippen LogP contribution in [0.25, 0.3) is 0 Å². The second kappa shape index (κ2) is 6.18. The maximum Gasteiger partial charge on any atom is 0.180 e. The Morgan fingerprint density at radius 1 is 0.931 bits per heavy atom. The van der Waals surface area contributed by atoms with E-state index < -0.39 is 16.6 Å². The highest BCUT2D eigenvalue weighted by atomic mass is 16.5. The van der Waals surface area contributed by atoms with E-state index in [4.69, 9.17) is 0 Å². The van der Waals surface area contributed by atoms with Gasteiger partial charge >= 0.3 is 0 Å². The molecular formula is C24H35NO4. The van der Waals surface area contributed by atoms with Crippen LogP contribution in [0, 0.1) is 33.8 Å². The van der Waals surface area contributed by atoms with Gasteiger partial charge in [-0.25, -0.2) is 0 Å². The van der Waals surface area contributed by atoms with Crippen LogP contribution in [-0.2, 0) is 5.60 Å². The molecule has 0 unspecified atom stereocenters. The maximum atomic E-state index is 12.2. The fourth-order valence-electron chi connectivity index (χ4n) is 8.37. The van der Waals surface area contributed by atoms with Gasteiger partial charge < -0.3 is 20.5 Å². The van der Waals surface area contributed by atoms with Crippen molar-refractivity contribution in [3.8, 4) is 0 Å². The molecule has 5 nitrogen and oxygen atoms in total. The van der Waals surface area contributed by atoms with Crippen LogP contribution in [0.3, 0.4) is 0 Å². The molecule has 0 spiro atoms. The van der Waals surface area contributed by atoms with Crippen LogP contribution in [0.2, 0.25) is 0 Å². The molecule has 1 aromatic rings. The first-order chi connectivity index (χ1) is 13.6. The number of aliphatic hydroxyl groups is 3. The van der Waals surface area contributed by atoms with Crippen molar-refractivity contribution >= 4 is 0 Å². The quantitative estimate of drug-likeness (QED) is 0.499. The van der Waals surface area contributed by atoms with E-state index in [1.807, 2.05) is 0 Å². The summed E-state index contributed by atoms with van der Waals surface area (Å²) in [5, 5.41) is 45.8. The molecule has 0 amide bonds. The molecule has 5 rings (SSSR count). The van der Waals surface area contributed by atoms with Crippen molar-refractivity contribution in [1.29, 1.82) is 0 Å². The number of aromatic nitrogens is 1. The molecule has 0 aliphatic heterocycles. The third-order valence-electron chi connectivity index (χ3n) is 10.2. The van der Waals surface area contributed by atoms with Gasteiger partial charge in [-0.2, -0.15) is 4.73 Å². The van der Waals surface area contributed by atoms with Crippen LogP contribution in [-0.4, -0.2) is 27.0 Å². The Morgan fingerprint density at radius 2 is 1.66 bits per heavy atom. The van der Waals surface area contributed by atoms with E-state index in [0.29, 0.717) is 24.7 Å². The Balaban J connectivity index is 1.52. The van der Waals surface area contributed by atoms with Crippen molar-refractivity contribution in [2.45, 2.75) is 88.9 Å². The first-order valence-electron chi connectivity index (χ1n) is 11.5. The largest absolute Gasteiger partial charge is 0.619 e. The molecule has 0 aromatic carbocycles. The van der Waals surface area contributed by atoms with Crippen LogP contribution >= 0.6 is 0 Å². The summed E-state index contributed by atoms with van der Waals surface area (Å²) in [4.78, 5) is 0. The molecule has 5 heteroatoms. The van der Waals surface area contributed by atoms with Crippen LogP contribution < -0.4 is 4.73 Å². The van der Waals surface area contributed by atoms with Crippen molar-refractivity contribution < 1.29 is 20.0 Å². The van der Waals surface area contributed by atoms with Gasteiger partial charge in [0.2, 0.25) is 0 Å². The molecule has 1 aromatic heterocycles. The lowest BCUT2D eigenvalue weighted by molar-refractivity contribution is -0.605. The van der Waals surface area contributed by atoms with Gasteiger partial charge in [-0.05, 0) is 86.5 Å². The van der Waals surface area contributed by atoms with E-state index in [9.17, 15) is 20.5 Å². The van der Waals surface area contributed by atoms with Crippen LogP contribution in [0.15, 0.2) is 24.5 Å². The summed E-state index contributed by atoms with van der Waals surface area (Å²) in [5.41, 5.74) is -1.68. The number of hydrogen-bond acceptors (Lipinski definition) is 4. The fourth-order valence-corrected chi connectivity index (χ4v) is 8.37. The molecule has 3 N–H and O–H groups in total. The molecule has 4 fully saturated rings. The Labute approximate surface area is 173 Å². The zero-order chi connectivity index (χ0) is 20.7.